The van der Waals surface area contributed by atoms with Crippen molar-refractivity contribution in [3.8, 4) is 0 Å². The molecular formula is C11H18N4O. The molecule has 0 N–H and O–H groups in total. The van der Waals surface area contributed by atoms with Gasteiger partial charge in [-0.15, -0.1) is 0 Å². The van der Waals surface area contributed by atoms with E-state index in [0.29, 0.717) is 5.82 Å². The van der Waals surface area contributed by atoms with Crippen molar-refractivity contribution in [2.75, 3.05) is 39.8 Å². The third-order valence-corrected chi connectivity index (χ3v) is 3.11. The lowest BCUT2D eigenvalue weighted by Crippen LogP contribution is -2.45. The molecule has 0 aliphatic carbocycles. The molecule has 0 saturated carbocycles. The summed E-state index contributed by atoms with van der Waals surface area (Å²) in [5.74, 6) is 0.522. The third kappa shape index (κ3) is 2.68. The minimum Gasteiger partial charge on any atom is -0.327 e. The van der Waals surface area contributed by atoms with Gasteiger partial charge in [0, 0.05) is 51.7 Å². The molecule has 0 radical (unpaired) electrons. The van der Waals surface area contributed by atoms with Crippen LogP contribution >= 0.6 is 0 Å². The van der Waals surface area contributed by atoms with Crippen molar-refractivity contribution in [3.63, 3.8) is 0 Å². The Morgan fingerprint density at radius 3 is 2.75 bits per heavy atom. The van der Waals surface area contributed by atoms with Crippen molar-refractivity contribution in [3.05, 3.63) is 18.2 Å². The van der Waals surface area contributed by atoms with Crippen LogP contribution in [-0.2, 0) is 6.54 Å². The van der Waals surface area contributed by atoms with Gasteiger partial charge in [-0.3, -0.25) is 9.69 Å². The first kappa shape index (κ1) is 11.3. The number of aldehydes is 1. The Morgan fingerprint density at radius 1 is 1.31 bits per heavy atom. The zero-order chi connectivity index (χ0) is 11.4. The summed E-state index contributed by atoms with van der Waals surface area (Å²) in [5, 5.41) is 0. The van der Waals surface area contributed by atoms with Gasteiger partial charge >= 0.3 is 0 Å². The normalized spacial score (nSPS) is 18.8. The molecule has 1 aromatic rings. The number of likely N-dealkylation sites (N-methyl/N-ethyl adjacent to an activating group) is 1. The monoisotopic (exact) mass is 222 g/mol. The van der Waals surface area contributed by atoms with E-state index >= 15 is 0 Å². The molecule has 0 unspecified atom stereocenters. The van der Waals surface area contributed by atoms with Gasteiger partial charge in [-0.2, -0.15) is 0 Å². The first-order chi connectivity index (χ1) is 7.79. The fourth-order valence-electron chi connectivity index (χ4n) is 1.95. The summed E-state index contributed by atoms with van der Waals surface area (Å²) in [5.41, 5.74) is 0. The van der Waals surface area contributed by atoms with Crippen LogP contribution in [0, 0.1) is 0 Å². The van der Waals surface area contributed by atoms with E-state index in [1.54, 1.807) is 6.20 Å². The highest BCUT2D eigenvalue weighted by atomic mass is 16.1. The fourth-order valence-corrected chi connectivity index (χ4v) is 1.95. The molecule has 1 aliphatic heterocycles. The number of hydrogen-bond donors (Lipinski definition) is 0. The van der Waals surface area contributed by atoms with Gasteiger partial charge in [0.15, 0.2) is 12.1 Å². The van der Waals surface area contributed by atoms with Crippen LogP contribution in [0.3, 0.4) is 0 Å². The Bertz CT molecular complexity index is 342. The van der Waals surface area contributed by atoms with E-state index in [0.717, 1.165) is 45.6 Å². The second-order valence-electron chi connectivity index (χ2n) is 4.24. The summed E-state index contributed by atoms with van der Waals surface area (Å²) in [6.45, 7) is 6.32. The van der Waals surface area contributed by atoms with E-state index in [-0.39, 0.29) is 0 Å². The van der Waals surface area contributed by atoms with Crippen molar-refractivity contribution in [1.29, 1.82) is 0 Å². The topological polar surface area (TPSA) is 41.4 Å². The zero-order valence-electron chi connectivity index (χ0n) is 9.67. The molecule has 0 atom stereocenters. The van der Waals surface area contributed by atoms with Crippen molar-refractivity contribution >= 4 is 6.29 Å². The van der Waals surface area contributed by atoms with E-state index in [9.17, 15) is 4.79 Å². The standard InChI is InChI=1S/C11H18N4O/c1-13-4-6-14(7-5-13)8-9-15-3-2-12-11(15)10-16/h2-3,10H,4-9H2,1H3. The molecule has 1 saturated heterocycles. The minimum absolute atomic E-state index is 0.522. The van der Waals surface area contributed by atoms with Gasteiger partial charge in [-0.1, -0.05) is 0 Å². The first-order valence-electron chi connectivity index (χ1n) is 5.67. The lowest BCUT2D eigenvalue weighted by atomic mass is 10.3. The van der Waals surface area contributed by atoms with E-state index in [1.165, 1.54) is 0 Å². The quantitative estimate of drug-likeness (QED) is 0.669. The van der Waals surface area contributed by atoms with Crippen LogP contribution in [0.4, 0.5) is 0 Å². The van der Waals surface area contributed by atoms with Crippen LogP contribution in [-0.4, -0.2) is 65.4 Å². The molecule has 1 fully saturated rings. The largest absolute Gasteiger partial charge is 0.327 e. The molecular weight excluding hydrogens is 204 g/mol. The Hall–Kier alpha value is -1.20. The number of aromatic nitrogens is 2. The smallest absolute Gasteiger partial charge is 0.185 e. The second kappa shape index (κ2) is 5.23. The highest BCUT2D eigenvalue weighted by Gasteiger charge is 2.13. The van der Waals surface area contributed by atoms with Crippen LogP contribution in [0.15, 0.2) is 12.4 Å². The molecule has 16 heavy (non-hydrogen) atoms. The second-order valence-corrected chi connectivity index (χ2v) is 4.24. The van der Waals surface area contributed by atoms with Crippen molar-refractivity contribution < 1.29 is 4.79 Å². The predicted octanol–water partition coefficient (Wildman–Crippen LogP) is -0.0570. The maximum absolute atomic E-state index is 10.7. The van der Waals surface area contributed by atoms with E-state index in [1.807, 2.05) is 10.8 Å². The molecule has 2 rings (SSSR count). The molecule has 0 aromatic carbocycles. The maximum Gasteiger partial charge on any atom is 0.185 e. The summed E-state index contributed by atoms with van der Waals surface area (Å²) >= 11 is 0. The van der Waals surface area contributed by atoms with Crippen molar-refractivity contribution in [2.45, 2.75) is 6.54 Å². The molecule has 1 aliphatic rings. The Kier molecular flexibility index (Phi) is 3.69. The molecule has 1 aromatic heterocycles. The number of imidazole rings is 1. The van der Waals surface area contributed by atoms with Gasteiger partial charge in [-0.05, 0) is 7.05 Å². The van der Waals surface area contributed by atoms with Gasteiger partial charge in [0.1, 0.15) is 0 Å². The van der Waals surface area contributed by atoms with Crippen LogP contribution < -0.4 is 0 Å². The maximum atomic E-state index is 10.7. The summed E-state index contributed by atoms with van der Waals surface area (Å²) in [6.07, 6.45) is 4.34. The van der Waals surface area contributed by atoms with Gasteiger partial charge in [0.05, 0.1) is 0 Å². The van der Waals surface area contributed by atoms with Crippen LogP contribution in [0.1, 0.15) is 10.6 Å². The molecule has 0 bridgehead atoms. The lowest BCUT2D eigenvalue weighted by Gasteiger charge is -2.32. The van der Waals surface area contributed by atoms with Crippen molar-refractivity contribution in [1.82, 2.24) is 19.4 Å². The summed E-state index contributed by atoms with van der Waals surface area (Å²) in [4.78, 5) is 19.4. The van der Waals surface area contributed by atoms with E-state index < -0.39 is 0 Å². The molecule has 5 nitrogen and oxygen atoms in total. The minimum atomic E-state index is 0.522. The Labute approximate surface area is 95.7 Å². The van der Waals surface area contributed by atoms with Crippen LogP contribution in [0.25, 0.3) is 0 Å². The Balaban J connectivity index is 1.81. The highest BCUT2D eigenvalue weighted by molar-refractivity contribution is 5.69. The SMILES string of the molecule is CN1CCN(CCn2ccnc2C=O)CC1. The average molecular weight is 222 g/mol. The molecule has 0 amide bonds. The fraction of sp³-hybridized carbons (Fsp3) is 0.636. The number of hydrogen-bond acceptors (Lipinski definition) is 4. The Morgan fingerprint density at radius 2 is 2.06 bits per heavy atom. The summed E-state index contributed by atoms with van der Waals surface area (Å²) in [6, 6.07) is 0. The third-order valence-electron chi connectivity index (χ3n) is 3.11. The van der Waals surface area contributed by atoms with Crippen LogP contribution in [0.2, 0.25) is 0 Å². The number of carbonyl (C=O) groups excluding carboxylic acids is 1. The van der Waals surface area contributed by atoms with Gasteiger partial charge in [0.25, 0.3) is 0 Å². The highest BCUT2D eigenvalue weighted by Crippen LogP contribution is 2.01. The van der Waals surface area contributed by atoms with Gasteiger partial charge in [0.2, 0.25) is 0 Å². The van der Waals surface area contributed by atoms with E-state index in [2.05, 4.69) is 21.8 Å². The van der Waals surface area contributed by atoms with Gasteiger partial charge < -0.3 is 9.47 Å². The predicted molar refractivity (Wildman–Crippen MR) is 61.6 cm³/mol. The molecule has 0 spiro atoms. The summed E-state index contributed by atoms with van der Waals surface area (Å²) < 4.78 is 1.91. The molecule has 2 heterocycles. The van der Waals surface area contributed by atoms with E-state index in [4.69, 9.17) is 0 Å². The van der Waals surface area contributed by atoms with Crippen molar-refractivity contribution in [2.24, 2.45) is 0 Å². The first-order valence-corrected chi connectivity index (χ1v) is 5.67. The molecule has 5 heteroatoms. The lowest BCUT2D eigenvalue weighted by molar-refractivity contribution is 0.110. The summed E-state index contributed by atoms with van der Waals surface area (Å²) in [7, 11) is 2.15. The number of rotatable bonds is 4. The van der Waals surface area contributed by atoms with Gasteiger partial charge in [-0.25, -0.2) is 4.98 Å². The van der Waals surface area contributed by atoms with Crippen LogP contribution in [0.5, 0.6) is 0 Å². The zero-order valence-corrected chi connectivity index (χ0v) is 9.67. The number of carbonyl (C=O) groups is 1. The average Bonchev–Trinajstić information content (AvgIpc) is 2.76. The number of nitrogens with zero attached hydrogens (tertiary/aromatic N) is 4. The molecule has 88 valence electrons. The number of piperazine rings is 1.